The fourth-order valence-corrected chi connectivity index (χ4v) is 2.05. The van der Waals surface area contributed by atoms with Gasteiger partial charge in [0.25, 0.3) is 5.82 Å². The number of hydrogen-bond donors (Lipinski definition) is 1. The van der Waals surface area contributed by atoms with Crippen molar-refractivity contribution in [3.63, 3.8) is 0 Å². The standard InChI is InChI=1S/C13H13BrFN3O2/c1-13(2,3)12-16-10(11(19)20)17-18(12)7-4-5-9(15)8(14)6-7/h4-6H,1-3H3,(H,19,20). The molecule has 2 aromatic rings. The van der Waals surface area contributed by atoms with E-state index in [2.05, 4.69) is 26.0 Å². The SMILES string of the molecule is CC(C)(C)c1nc(C(=O)O)nn1-c1ccc(F)c(Br)c1. The van der Waals surface area contributed by atoms with Gasteiger partial charge in [0, 0.05) is 5.41 Å². The van der Waals surface area contributed by atoms with Crippen LogP contribution in [0.5, 0.6) is 0 Å². The molecule has 0 saturated heterocycles. The van der Waals surface area contributed by atoms with Crippen LogP contribution in [0, 0.1) is 5.82 Å². The maximum absolute atomic E-state index is 13.3. The predicted molar refractivity (Wildman–Crippen MR) is 74.7 cm³/mol. The minimum absolute atomic E-state index is 0.280. The van der Waals surface area contributed by atoms with E-state index in [9.17, 15) is 9.18 Å². The minimum Gasteiger partial charge on any atom is -0.475 e. The van der Waals surface area contributed by atoms with Crippen molar-refractivity contribution >= 4 is 21.9 Å². The zero-order valence-electron chi connectivity index (χ0n) is 11.2. The number of aromatic carboxylic acids is 1. The number of benzene rings is 1. The molecular formula is C13H13BrFN3O2. The van der Waals surface area contributed by atoms with Gasteiger partial charge in [-0.25, -0.2) is 18.9 Å². The van der Waals surface area contributed by atoms with Gasteiger partial charge in [-0.15, -0.1) is 5.10 Å². The largest absolute Gasteiger partial charge is 0.475 e. The number of hydrogen-bond acceptors (Lipinski definition) is 3. The third-order valence-corrected chi connectivity index (χ3v) is 3.22. The number of aromatic nitrogens is 3. The molecule has 1 heterocycles. The van der Waals surface area contributed by atoms with Gasteiger partial charge in [-0.05, 0) is 34.1 Å². The Hall–Kier alpha value is -1.76. The molecule has 0 aliphatic rings. The average molecular weight is 342 g/mol. The van der Waals surface area contributed by atoms with E-state index < -0.39 is 17.2 Å². The highest BCUT2D eigenvalue weighted by atomic mass is 79.9. The topological polar surface area (TPSA) is 68.0 Å². The minimum atomic E-state index is -1.20. The van der Waals surface area contributed by atoms with Crippen molar-refractivity contribution in [2.24, 2.45) is 0 Å². The lowest BCUT2D eigenvalue weighted by Gasteiger charge is -2.18. The fraction of sp³-hybridized carbons (Fsp3) is 0.308. The number of carbonyl (C=O) groups is 1. The quantitative estimate of drug-likeness (QED) is 0.910. The summed E-state index contributed by atoms with van der Waals surface area (Å²) in [5, 5.41) is 13.0. The highest BCUT2D eigenvalue weighted by molar-refractivity contribution is 9.10. The van der Waals surface area contributed by atoms with E-state index in [1.54, 1.807) is 0 Å². The molecule has 0 unspecified atom stereocenters. The molecule has 0 fully saturated rings. The second-order valence-electron chi connectivity index (χ2n) is 5.32. The first-order valence-electron chi connectivity index (χ1n) is 5.86. The monoisotopic (exact) mass is 341 g/mol. The molecule has 7 heteroatoms. The zero-order valence-corrected chi connectivity index (χ0v) is 12.8. The molecule has 1 aromatic heterocycles. The van der Waals surface area contributed by atoms with Crippen LogP contribution < -0.4 is 0 Å². The van der Waals surface area contributed by atoms with E-state index in [4.69, 9.17) is 5.11 Å². The first kappa shape index (κ1) is 14.6. The van der Waals surface area contributed by atoms with Crippen molar-refractivity contribution in [1.82, 2.24) is 14.8 Å². The molecule has 106 valence electrons. The van der Waals surface area contributed by atoms with E-state index in [-0.39, 0.29) is 10.3 Å². The maximum Gasteiger partial charge on any atom is 0.375 e. The Labute approximate surface area is 123 Å². The summed E-state index contributed by atoms with van der Waals surface area (Å²) in [6.45, 7) is 5.70. The lowest BCUT2D eigenvalue weighted by molar-refractivity contribution is 0.0683. The average Bonchev–Trinajstić information content (AvgIpc) is 2.77. The highest BCUT2D eigenvalue weighted by Crippen LogP contribution is 2.25. The van der Waals surface area contributed by atoms with Crippen LogP contribution in [0.2, 0.25) is 0 Å². The normalized spacial score (nSPS) is 11.7. The van der Waals surface area contributed by atoms with Crippen molar-refractivity contribution in [3.05, 3.63) is 40.1 Å². The summed E-state index contributed by atoms with van der Waals surface area (Å²) in [4.78, 5) is 15.1. The molecule has 0 atom stereocenters. The summed E-state index contributed by atoms with van der Waals surface area (Å²) < 4.78 is 15.0. The Morgan fingerprint density at radius 2 is 2.05 bits per heavy atom. The molecule has 0 aliphatic heterocycles. The van der Waals surface area contributed by atoms with Gasteiger partial charge in [0.05, 0.1) is 10.2 Å². The van der Waals surface area contributed by atoms with E-state index in [1.165, 1.54) is 22.9 Å². The number of halogens is 2. The van der Waals surface area contributed by atoms with Crippen LogP contribution in [0.4, 0.5) is 4.39 Å². The number of carboxylic acids is 1. The first-order chi connectivity index (χ1) is 9.20. The Morgan fingerprint density at radius 3 is 2.55 bits per heavy atom. The summed E-state index contributed by atoms with van der Waals surface area (Å²) in [6, 6.07) is 4.34. The summed E-state index contributed by atoms with van der Waals surface area (Å²) in [7, 11) is 0. The summed E-state index contributed by atoms with van der Waals surface area (Å²) in [5.74, 6) is -1.39. The van der Waals surface area contributed by atoms with E-state index in [1.807, 2.05) is 20.8 Å². The molecule has 0 aliphatic carbocycles. The Kier molecular flexibility index (Phi) is 3.64. The molecule has 0 spiro atoms. The van der Waals surface area contributed by atoms with Crippen molar-refractivity contribution in [3.8, 4) is 5.69 Å². The van der Waals surface area contributed by atoms with E-state index in [0.29, 0.717) is 11.5 Å². The second kappa shape index (κ2) is 4.97. The third-order valence-electron chi connectivity index (χ3n) is 2.62. The van der Waals surface area contributed by atoms with Crippen molar-refractivity contribution in [1.29, 1.82) is 0 Å². The Bertz CT molecular complexity index is 677. The fourth-order valence-electron chi connectivity index (χ4n) is 1.68. The molecule has 0 saturated carbocycles. The van der Waals surface area contributed by atoms with E-state index in [0.717, 1.165) is 0 Å². The molecule has 5 nitrogen and oxygen atoms in total. The summed E-state index contributed by atoms with van der Waals surface area (Å²) in [6.07, 6.45) is 0. The van der Waals surface area contributed by atoms with Gasteiger partial charge in [0.15, 0.2) is 0 Å². The van der Waals surface area contributed by atoms with Gasteiger partial charge in [0.1, 0.15) is 11.6 Å². The zero-order chi connectivity index (χ0) is 15.1. The summed E-state index contributed by atoms with van der Waals surface area (Å²) >= 11 is 3.10. The molecule has 0 bridgehead atoms. The highest BCUT2D eigenvalue weighted by Gasteiger charge is 2.26. The van der Waals surface area contributed by atoms with Crippen LogP contribution in [-0.2, 0) is 5.41 Å². The smallest absolute Gasteiger partial charge is 0.375 e. The lowest BCUT2D eigenvalue weighted by atomic mass is 9.95. The van der Waals surface area contributed by atoms with Crippen LogP contribution >= 0.6 is 15.9 Å². The second-order valence-corrected chi connectivity index (χ2v) is 6.18. The van der Waals surface area contributed by atoms with E-state index >= 15 is 0 Å². The lowest BCUT2D eigenvalue weighted by Crippen LogP contribution is -2.18. The van der Waals surface area contributed by atoms with Gasteiger partial charge in [-0.1, -0.05) is 20.8 Å². The van der Waals surface area contributed by atoms with Gasteiger partial charge >= 0.3 is 5.97 Å². The number of carboxylic acid groups (broad SMARTS) is 1. The molecule has 0 amide bonds. The Morgan fingerprint density at radius 1 is 1.40 bits per heavy atom. The van der Waals surface area contributed by atoms with Crippen LogP contribution in [0.25, 0.3) is 5.69 Å². The number of rotatable bonds is 2. The van der Waals surface area contributed by atoms with Crippen LogP contribution in [0.1, 0.15) is 37.2 Å². The molecule has 1 aromatic carbocycles. The third kappa shape index (κ3) is 2.72. The molecule has 2 rings (SSSR count). The van der Waals surface area contributed by atoms with Gasteiger partial charge in [-0.2, -0.15) is 0 Å². The Balaban J connectivity index is 2.65. The first-order valence-corrected chi connectivity index (χ1v) is 6.65. The maximum atomic E-state index is 13.3. The molecule has 0 radical (unpaired) electrons. The van der Waals surface area contributed by atoms with Crippen LogP contribution in [-0.4, -0.2) is 25.8 Å². The van der Waals surface area contributed by atoms with Crippen molar-refractivity contribution in [2.45, 2.75) is 26.2 Å². The van der Waals surface area contributed by atoms with Gasteiger partial charge in [0.2, 0.25) is 0 Å². The van der Waals surface area contributed by atoms with Crippen molar-refractivity contribution in [2.75, 3.05) is 0 Å². The molecule has 20 heavy (non-hydrogen) atoms. The summed E-state index contributed by atoms with van der Waals surface area (Å²) in [5.41, 5.74) is 0.143. The molecular weight excluding hydrogens is 329 g/mol. The van der Waals surface area contributed by atoms with Crippen LogP contribution in [0.15, 0.2) is 22.7 Å². The van der Waals surface area contributed by atoms with Crippen molar-refractivity contribution < 1.29 is 14.3 Å². The number of nitrogens with zero attached hydrogens (tertiary/aromatic N) is 3. The van der Waals surface area contributed by atoms with Gasteiger partial charge < -0.3 is 5.11 Å². The molecule has 1 N–H and O–H groups in total. The van der Waals surface area contributed by atoms with Crippen LogP contribution in [0.3, 0.4) is 0 Å². The predicted octanol–water partition coefficient (Wildman–Crippen LogP) is 3.16. The van der Waals surface area contributed by atoms with Gasteiger partial charge in [-0.3, -0.25) is 0 Å².